The predicted octanol–water partition coefficient (Wildman–Crippen LogP) is 5.86. The number of benzene rings is 2. The Kier molecular flexibility index (Phi) is 6.68. The topological polar surface area (TPSA) is 101 Å². The number of carbonyl (C=O) groups excluding carboxylic acids is 2. The number of pyridine rings is 1. The van der Waals surface area contributed by atoms with Crippen LogP contribution in [0.4, 0.5) is 9.52 Å². The molecule has 0 saturated carbocycles. The van der Waals surface area contributed by atoms with E-state index in [0.29, 0.717) is 27.0 Å². The average molecular weight is 572 g/mol. The average Bonchev–Trinajstić information content (AvgIpc) is 3.64. The number of hydrogen-bond donors (Lipinski definition) is 1. The number of thioether (sulfide) groups is 1. The Morgan fingerprint density at radius 2 is 1.77 bits per heavy atom. The van der Waals surface area contributed by atoms with Gasteiger partial charge in [0.15, 0.2) is 10.1 Å². The highest BCUT2D eigenvalue weighted by molar-refractivity contribution is 8.00. The predicted molar refractivity (Wildman–Crippen MR) is 152 cm³/mol. The third-order valence-corrected chi connectivity index (χ3v) is 8.87. The molecule has 40 heavy (non-hydrogen) atoms. The summed E-state index contributed by atoms with van der Waals surface area (Å²) in [6, 6.07) is 18.0. The molecule has 0 bridgehead atoms. The number of halogens is 1. The number of aliphatic hydroxyl groups excluding tert-OH is 1. The molecule has 1 aliphatic rings. The van der Waals surface area contributed by atoms with E-state index in [-0.39, 0.29) is 16.4 Å². The number of ketones is 1. The minimum Gasteiger partial charge on any atom is -0.505 e. The number of amides is 1. The molecule has 1 saturated heterocycles. The molecule has 3 aromatic heterocycles. The molecule has 0 radical (unpaired) electrons. The smallest absolute Gasteiger partial charge is 0.301 e. The minimum atomic E-state index is -1.05. The maximum Gasteiger partial charge on any atom is 0.301 e. The van der Waals surface area contributed by atoms with Crippen LogP contribution in [0.1, 0.15) is 34.1 Å². The lowest BCUT2D eigenvalue weighted by atomic mass is 9.96. The van der Waals surface area contributed by atoms with Crippen molar-refractivity contribution in [2.75, 3.05) is 4.90 Å². The monoisotopic (exact) mass is 571 g/mol. The van der Waals surface area contributed by atoms with E-state index in [1.54, 1.807) is 6.92 Å². The number of fused-ring (bicyclic) bond motifs is 1. The van der Waals surface area contributed by atoms with Gasteiger partial charge in [-0.2, -0.15) is 0 Å². The summed E-state index contributed by atoms with van der Waals surface area (Å²) in [6.07, 6.45) is 1.81. The highest BCUT2D eigenvalue weighted by Gasteiger charge is 2.48. The first-order valence-electron chi connectivity index (χ1n) is 12.3. The molecule has 11 heteroatoms. The molecule has 6 rings (SSSR count). The van der Waals surface area contributed by atoms with Gasteiger partial charge < -0.3 is 9.51 Å². The second-order valence-corrected chi connectivity index (χ2v) is 11.5. The van der Waals surface area contributed by atoms with Gasteiger partial charge in [0.2, 0.25) is 5.13 Å². The van der Waals surface area contributed by atoms with Crippen LogP contribution in [-0.2, 0) is 15.3 Å². The molecule has 1 unspecified atom stereocenters. The second-order valence-electron chi connectivity index (χ2n) is 9.28. The van der Waals surface area contributed by atoms with Crippen molar-refractivity contribution < 1.29 is 19.1 Å². The Morgan fingerprint density at radius 3 is 2.50 bits per heavy atom. The van der Waals surface area contributed by atoms with E-state index in [2.05, 4.69) is 15.2 Å². The van der Waals surface area contributed by atoms with Gasteiger partial charge in [0.05, 0.1) is 17.3 Å². The largest absolute Gasteiger partial charge is 0.505 e. The zero-order valence-corrected chi connectivity index (χ0v) is 23.0. The summed E-state index contributed by atoms with van der Waals surface area (Å²) in [4.78, 5) is 32.8. The fourth-order valence-electron chi connectivity index (χ4n) is 4.74. The summed E-state index contributed by atoms with van der Waals surface area (Å²) < 4.78 is 16.3. The van der Waals surface area contributed by atoms with Gasteiger partial charge in [0.1, 0.15) is 17.2 Å². The number of nitrogens with zero attached hydrogens (tertiary/aromatic N) is 5. The molecule has 200 valence electrons. The van der Waals surface area contributed by atoms with E-state index in [0.717, 1.165) is 11.1 Å². The summed E-state index contributed by atoms with van der Waals surface area (Å²) in [5, 5.41) is 20.2. The summed E-state index contributed by atoms with van der Waals surface area (Å²) >= 11 is 2.63. The molecule has 2 aromatic carbocycles. The molecule has 1 amide bonds. The molecule has 1 atom stereocenters. The third kappa shape index (κ3) is 4.46. The van der Waals surface area contributed by atoms with Crippen molar-refractivity contribution in [3.8, 4) is 0 Å². The zero-order chi connectivity index (χ0) is 28.0. The van der Waals surface area contributed by atoms with Crippen LogP contribution in [0.3, 0.4) is 0 Å². The van der Waals surface area contributed by atoms with E-state index < -0.39 is 29.3 Å². The number of imidazole rings is 1. The van der Waals surface area contributed by atoms with Crippen molar-refractivity contribution >= 4 is 51.3 Å². The van der Waals surface area contributed by atoms with Crippen molar-refractivity contribution in [2.45, 2.75) is 30.0 Å². The van der Waals surface area contributed by atoms with Crippen LogP contribution in [0, 0.1) is 19.7 Å². The molecule has 5 aromatic rings. The van der Waals surface area contributed by atoms with Gasteiger partial charge in [-0.3, -0.25) is 14.5 Å². The van der Waals surface area contributed by atoms with Crippen LogP contribution in [0.2, 0.25) is 0 Å². The van der Waals surface area contributed by atoms with Gasteiger partial charge in [0.25, 0.3) is 5.78 Å². The standard InChI is InChI=1S/C29H22FN5O3S2/c1-16-7-6-14-34-17(2)22(31-26(16)34)24(36)21-23(19-10-12-20(30)13-11-19)35(27(38)25(21)37)28-32-33-29(40-28)39-15-18-8-4-3-5-9-18/h3-14,23,36H,15H2,1-2H3/b24-21+. The van der Waals surface area contributed by atoms with Gasteiger partial charge in [-0.15, -0.1) is 10.2 Å². The van der Waals surface area contributed by atoms with Crippen molar-refractivity contribution in [1.29, 1.82) is 0 Å². The number of aliphatic hydroxyl groups is 1. The summed E-state index contributed by atoms with van der Waals surface area (Å²) in [5.74, 6) is -1.96. The van der Waals surface area contributed by atoms with Gasteiger partial charge in [-0.05, 0) is 48.7 Å². The fourth-order valence-corrected chi connectivity index (χ4v) is 6.57. The number of rotatable bonds is 6. The molecule has 1 N–H and O–H groups in total. The SMILES string of the molecule is Cc1cccn2c(C)c(/C(O)=C3\C(=O)C(=O)N(c4nnc(SCc5ccccc5)s4)C3c3ccc(F)cc3)nc12. The first-order chi connectivity index (χ1) is 19.3. The fraction of sp³-hybridized carbons (Fsp3) is 0.138. The molecule has 0 spiro atoms. The molecule has 0 aliphatic carbocycles. The van der Waals surface area contributed by atoms with Crippen LogP contribution in [0.25, 0.3) is 11.4 Å². The number of Topliss-reactive ketones (excluding diaryl/α,β-unsaturated/α-hetero) is 1. The third-order valence-electron chi connectivity index (χ3n) is 6.75. The van der Waals surface area contributed by atoms with E-state index in [9.17, 15) is 19.1 Å². The van der Waals surface area contributed by atoms with Crippen molar-refractivity contribution in [1.82, 2.24) is 19.6 Å². The first kappa shape index (κ1) is 25.9. The van der Waals surface area contributed by atoms with E-state index in [4.69, 9.17) is 0 Å². The van der Waals surface area contributed by atoms with Crippen LogP contribution < -0.4 is 4.90 Å². The molecule has 1 fully saturated rings. The number of aromatic nitrogens is 4. The summed E-state index contributed by atoms with van der Waals surface area (Å²) in [7, 11) is 0. The van der Waals surface area contributed by atoms with E-state index >= 15 is 0 Å². The Balaban J connectivity index is 1.45. The lowest BCUT2D eigenvalue weighted by molar-refractivity contribution is -0.132. The second kappa shape index (κ2) is 10.3. The Labute approximate surface area is 236 Å². The maximum absolute atomic E-state index is 13.9. The zero-order valence-electron chi connectivity index (χ0n) is 21.4. The Bertz CT molecular complexity index is 1800. The summed E-state index contributed by atoms with van der Waals surface area (Å²) in [6.45, 7) is 3.67. The molecule has 1 aliphatic heterocycles. The number of hydrogen-bond acceptors (Lipinski definition) is 8. The van der Waals surface area contributed by atoms with Gasteiger partial charge in [0, 0.05) is 11.9 Å². The Morgan fingerprint density at radius 1 is 1.02 bits per heavy atom. The normalized spacial score (nSPS) is 16.8. The van der Waals surface area contributed by atoms with Crippen LogP contribution in [0.5, 0.6) is 0 Å². The number of aryl methyl sites for hydroxylation is 2. The van der Waals surface area contributed by atoms with Crippen LogP contribution >= 0.6 is 23.1 Å². The molecular weight excluding hydrogens is 549 g/mol. The Hall–Kier alpha value is -4.35. The quantitative estimate of drug-likeness (QED) is 0.0896. The van der Waals surface area contributed by atoms with Crippen molar-refractivity contribution in [3.05, 3.63) is 112 Å². The number of carbonyl (C=O) groups is 2. The lowest BCUT2D eigenvalue weighted by Crippen LogP contribution is -2.29. The molecule has 4 heterocycles. The minimum absolute atomic E-state index is 0.144. The first-order valence-corrected chi connectivity index (χ1v) is 14.1. The maximum atomic E-state index is 13.9. The van der Waals surface area contributed by atoms with Gasteiger partial charge in [-0.25, -0.2) is 9.37 Å². The van der Waals surface area contributed by atoms with E-state index in [1.807, 2.05) is 60.0 Å². The van der Waals surface area contributed by atoms with Gasteiger partial charge >= 0.3 is 5.91 Å². The van der Waals surface area contributed by atoms with Crippen molar-refractivity contribution in [3.63, 3.8) is 0 Å². The van der Waals surface area contributed by atoms with Crippen LogP contribution in [0.15, 0.2) is 82.8 Å². The van der Waals surface area contributed by atoms with Crippen LogP contribution in [-0.4, -0.2) is 36.4 Å². The number of anilines is 1. The lowest BCUT2D eigenvalue weighted by Gasteiger charge is -2.22. The highest BCUT2D eigenvalue weighted by Crippen LogP contribution is 2.44. The van der Waals surface area contributed by atoms with E-state index in [1.165, 1.54) is 52.3 Å². The summed E-state index contributed by atoms with van der Waals surface area (Å²) in [5.41, 5.74) is 3.71. The molecular formula is C29H22FN5O3S2. The van der Waals surface area contributed by atoms with Gasteiger partial charge in [-0.1, -0.05) is 71.6 Å². The highest BCUT2D eigenvalue weighted by atomic mass is 32.2. The van der Waals surface area contributed by atoms with Crippen molar-refractivity contribution in [2.24, 2.45) is 0 Å². The molecule has 8 nitrogen and oxygen atoms in total.